The molecule has 0 heterocycles. The van der Waals surface area contributed by atoms with Crippen LogP contribution in [0.3, 0.4) is 0 Å². The SMILES string of the molecule is Cc1ccc(C(=O)NC(CC(=O)O)C(C)(C)C)cc1. The van der Waals surface area contributed by atoms with Crippen LogP contribution in [0.2, 0.25) is 0 Å². The summed E-state index contributed by atoms with van der Waals surface area (Å²) >= 11 is 0. The van der Waals surface area contributed by atoms with Gasteiger partial charge in [0.25, 0.3) is 5.91 Å². The fraction of sp³-hybridized carbons (Fsp3) is 0.467. The van der Waals surface area contributed by atoms with E-state index in [0.717, 1.165) is 5.56 Å². The molecular formula is C15H21NO3. The molecule has 4 nitrogen and oxygen atoms in total. The van der Waals surface area contributed by atoms with Crippen molar-refractivity contribution in [3.8, 4) is 0 Å². The van der Waals surface area contributed by atoms with Gasteiger partial charge in [-0.25, -0.2) is 0 Å². The summed E-state index contributed by atoms with van der Waals surface area (Å²) in [5, 5.41) is 11.7. The van der Waals surface area contributed by atoms with Gasteiger partial charge in [-0.05, 0) is 24.5 Å². The molecule has 4 heteroatoms. The molecule has 1 atom stereocenters. The first-order chi connectivity index (χ1) is 8.70. The maximum Gasteiger partial charge on any atom is 0.305 e. The minimum absolute atomic E-state index is 0.0822. The number of carboxylic acids is 1. The predicted octanol–water partition coefficient (Wildman–Crippen LogP) is 2.61. The number of hydrogen-bond donors (Lipinski definition) is 2. The van der Waals surface area contributed by atoms with E-state index in [9.17, 15) is 9.59 Å². The second kappa shape index (κ2) is 5.87. The fourth-order valence-corrected chi connectivity index (χ4v) is 1.69. The third-order valence-corrected chi connectivity index (χ3v) is 3.04. The lowest BCUT2D eigenvalue weighted by molar-refractivity contribution is -0.138. The van der Waals surface area contributed by atoms with Crippen molar-refractivity contribution < 1.29 is 14.7 Å². The normalized spacial score (nSPS) is 12.8. The molecule has 1 aromatic carbocycles. The smallest absolute Gasteiger partial charge is 0.305 e. The van der Waals surface area contributed by atoms with Gasteiger partial charge in [0.05, 0.1) is 6.42 Å². The van der Waals surface area contributed by atoms with Gasteiger partial charge in [0, 0.05) is 11.6 Å². The van der Waals surface area contributed by atoms with E-state index in [-0.39, 0.29) is 17.7 Å². The van der Waals surface area contributed by atoms with Gasteiger partial charge in [-0.2, -0.15) is 0 Å². The molecule has 2 N–H and O–H groups in total. The number of hydrogen-bond acceptors (Lipinski definition) is 2. The fourth-order valence-electron chi connectivity index (χ4n) is 1.69. The minimum atomic E-state index is -0.913. The average Bonchev–Trinajstić information content (AvgIpc) is 2.27. The molecular weight excluding hydrogens is 242 g/mol. The van der Waals surface area contributed by atoms with E-state index < -0.39 is 12.0 Å². The summed E-state index contributed by atoms with van der Waals surface area (Å²) in [6, 6.07) is 6.80. The van der Waals surface area contributed by atoms with Crippen LogP contribution in [0, 0.1) is 12.3 Å². The molecule has 1 rings (SSSR count). The van der Waals surface area contributed by atoms with E-state index in [2.05, 4.69) is 5.32 Å². The monoisotopic (exact) mass is 263 g/mol. The summed E-state index contributed by atoms with van der Waals surface area (Å²) in [7, 11) is 0. The van der Waals surface area contributed by atoms with Crippen molar-refractivity contribution in [2.75, 3.05) is 0 Å². The van der Waals surface area contributed by atoms with Crippen LogP contribution in [0.1, 0.15) is 43.1 Å². The van der Waals surface area contributed by atoms with E-state index in [1.54, 1.807) is 12.1 Å². The maximum atomic E-state index is 12.1. The largest absolute Gasteiger partial charge is 0.481 e. The van der Waals surface area contributed by atoms with Crippen molar-refractivity contribution in [1.82, 2.24) is 5.32 Å². The topological polar surface area (TPSA) is 66.4 Å². The molecule has 104 valence electrons. The Kier molecular flexibility index (Phi) is 4.70. The summed E-state index contributed by atoms with van der Waals surface area (Å²) < 4.78 is 0. The van der Waals surface area contributed by atoms with Crippen LogP contribution >= 0.6 is 0 Å². The number of carbonyl (C=O) groups excluding carboxylic acids is 1. The van der Waals surface area contributed by atoms with Crippen molar-refractivity contribution in [2.24, 2.45) is 5.41 Å². The first-order valence-electron chi connectivity index (χ1n) is 6.29. The number of amides is 1. The Balaban J connectivity index is 2.81. The molecule has 0 aliphatic rings. The molecule has 0 bridgehead atoms. The molecule has 0 aliphatic heterocycles. The lowest BCUT2D eigenvalue weighted by atomic mass is 9.84. The van der Waals surface area contributed by atoms with Gasteiger partial charge in [0.15, 0.2) is 0 Å². The third-order valence-electron chi connectivity index (χ3n) is 3.04. The number of carbonyl (C=O) groups is 2. The Bertz CT molecular complexity index is 457. The van der Waals surface area contributed by atoms with Gasteiger partial charge in [-0.3, -0.25) is 9.59 Å². The summed E-state index contributed by atoms with van der Waals surface area (Å²) in [5.41, 5.74) is 1.32. The van der Waals surface area contributed by atoms with Crippen LogP contribution in [0.25, 0.3) is 0 Å². The Morgan fingerprint density at radius 2 is 1.74 bits per heavy atom. The second-order valence-corrected chi connectivity index (χ2v) is 5.86. The Labute approximate surface area is 113 Å². The molecule has 0 saturated heterocycles. The zero-order valence-electron chi connectivity index (χ0n) is 11.9. The molecule has 0 saturated carbocycles. The first kappa shape index (κ1) is 15.2. The van der Waals surface area contributed by atoms with E-state index in [0.29, 0.717) is 5.56 Å². The molecule has 0 aliphatic carbocycles. The number of nitrogens with one attached hydrogen (secondary N) is 1. The molecule has 1 amide bonds. The van der Waals surface area contributed by atoms with Gasteiger partial charge in [-0.1, -0.05) is 38.5 Å². The van der Waals surface area contributed by atoms with Crippen molar-refractivity contribution >= 4 is 11.9 Å². The quantitative estimate of drug-likeness (QED) is 0.877. The lowest BCUT2D eigenvalue weighted by Crippen LogP contribution is -2.45. The molecule has 0 fully saturated rings. The molecule has 0 spiro atoms. The van der Waals surface area contributed by atoms with Crippen LogP contribution in [0.5, 0.6) is 0 Å². The summed E-state index contributed by atoms with van der Waals surface area (Å²) in [4.78, 5) is 23.0. The van der Waals surface area contributed by atoms with E-state index in [1.807, 2.05) is 39.8 Å². The zero-order chi connectivity index (χ0) is 14.6. The van der Waals surface area contributed by atoms with Crippen LogP contribution in [-0.2, 0) is 4.79 Å². The highest BCUT2D eigenvalue weighted by Gasteiger charge is 2.28. The highest BCUT2D eigenvalue weighted by Crippen LogP contribution is 2.22. The van der Waals surface area contributed by atoms with Crippen LogP contribution in [0.15, 0.2) is 24.3 Å². The first-order valence-corrected chi connectivity index (χ1v) is 6.29. The van der Waals surface area contributed by atoms with Crippen molar-refractivity contribution in [3.63, 3.8) is 0 Å². The summed E-state index contributed by atoms with van der Waals surface area (Å²) in [6.07, 6.45) is -0.0822. The summed E-state index contributed by atoms with van der Waals surface area (Å²) in [6.45, 7) is 7.69. The maximum absolute atomic E-state index is 12.1. The van der Waals surface area contributed by atoms with E-state index >= 15 is 0 Å². The number of rotatable bonds is 4. The standard InChI is InChI=1S/C15H21NO3/c1-10-5-7-11(8-6-10)14(19)16-12(9-13(17)18)15(2,3)4/h5-8,12H,9H2,1-4H3,(H,16,19)(H,17,18). The van der Waals surface area contributed by atoms with Gasteiger partial charge >= 0.3 is 5.97 Å². The zero-order valence-corrected chi connectivity index (χ0v) is 11.9. The average molecular weight is 263 g/mol. The lowest BCUT2D eigenvalue weighted by Gasteiger charge is -2.30. The van der Waals surface area contributed by atoms with E-state index in [1.165, 1.54) is 0 Å². The van der Waals surface area contributed by atoms with Gasteiger partial charge in [0.1, 0.15) is 0 Å². The molecule has 1 unspecified atom stereocenters. The Morgan fingerprint density at radius 3 is 2.16 bits per heavy atom. The van der Waals surface area contributed by atoms with Crippen molar-refractivity contribution in [1.29, 1.82) is 0 Å². The van der Waals surface area contributed by atoms with Gasteiger partial charge in [0.2, 0.25) is 0 Å². The second-order valence-electron chi connectivity index (χ2n) is 5.86. The molecule has 0 radical (unpaired) electrons. The number of carboxylic acid groups (broad SMARTS) is 1. The summed E-state index contributed by atoms with van der Waals surface area (Å²) in [5.74, 6) is -1.15. The van der Waals surface area contributed by atoms with Crippen LogP contribution < -0.4 is 5.32 Å². The van der Waals surface area contributed by atoms with Crippen LogP contribution in [-0.4, -0.2) is 23.0 Å². The molecule has 19 heavy (non-hydrogen) atoms. The molecule has 1 aromatic rings. The Morgan fingerprint density at radius 1 is 1.21 bits per heavy atom. The van der Waals surface area contributed by atoms with Gasteiger partial charge in [-0.15, -0.1) is 0 Å². The van der Waals surface area contributed by atoms with E-state index in [4.69, 9.17) is 5.11 Å². The van der Waals surface area contributed by atoms with Crippen molar-refractivity contribution in [2.45, 2.75) is 40.2 Å². The number of benzene rings is 1. The third kappa shape index (κ3) is 4.73. The predicted molar refractivity (Wildman–Crippen MR) is 74.1 cm³/mol. The Hall–Kier alpha value is -1.84. The minimum Gasteiger partial charge on any atom is -0.481 e. The number of aryl methyl sites for hydroxylation is 1. The number of aliphatic carboxylic acids is 1. The van der Waals surface area contributed by atoms with Gasteiger partial charge < -0.3 is 10.4 Å². The molecule has 0 aromatic heterocycles. The highest BCUT2D eigenvalue weighted by atomic mass is 16.4. The highest BCUT2D eigenvalue weighted by molar-refractivity contribution is 5.94. The van der Waals surface area contributed by atoms with Crippen molar-refractivity contribution in [3.05, 3.63) is 35.4 Å². The van der Waals surface area contributed by atoms with Crippen LogP contribution in [0.4, 0.5) is 0 Å².